The smallest absolute Gasteiger partial charge is 0.309 e. The number of methoxy groups -OCH3 is 2. The average Bonchev–Trinajstić information content (AvgIpc) is 3.35. The molecule has 3 heterocycles. The molecule has 1 aromatic carbocycles. The Morgan fingerprint density at radius 2 is 1.91 bits per heavy atom. The lowest BCUT2D eigenvalue weighted by molar-refractivity contribution is -0.152. The van der Waals surface area contributed by atoms with Crippen LogP contribution in [-0.4, -0.2) is 60.7 Å². The van der Waals surface area contributed by atoms with Crippen LogP contribution < -0.4 is 19.7 Å². The number of nitrogens with one attached hydrogen (secondary N) is 1. The van der Waals surface area contributed by atoms with Crippen LogP contribution in [0, 0.1) is 5.92 Å². The third-order valence-corrected chi connectivity index (χ3v) is 6.20. The van der Waals surface area contributed by atoms with Gasteiger partial charge in [0.25, 0.3) is 5.91 Å². The fraction of sp³-hybridized carbons (Fsp3) is 0.348. The molecule has 0 radical (unpaired) electrons. The van der Waals surface area contributed by atoms with E-state index in [1.54, 1.807) is 44.8 Å². The number of benzene rings is 1. The number of esters is 1. The van der Waals surface area contributed by atoms with E-state index < -0.39 is 5.91 Å². The van der Waals surface area contributed by atoms with Gasteiger partial charge in [-0.1, -0.05) is 0 Å². The third kappa shape index (κ3) is 5.60. The van der Waals surface area contributed by atoms with Crippen LogP contribution in [0.3, 0.4) is 0 Å². The molecule has 1 N–H and O–H groups in total. The molecule has 0 unspecified atom stereocenters. The Kier molecular flexibility index (Phi) is 7.53. The van der Waals surface area contributed by atoms with E-state index in [4.69, 9.17) is 14.2 Å². The van der Waals surface area contributed by atoms with Gasteiger partial charge in [-0.15, -0.1) is 11.3 Å². The van der Waals surface area contributed by atoms with E-state index in [0.717, 1.165) is 5.56 Å². The number of hydrogen-bond donors (Lipinski definition) is 1. The minimum atomic E-state index is -0.443. The molecule has 1 aliphatic rings. The molecule has 0 bridgehead atoms. The Morgan fingerprint density at radius 3 is 2.62 bits per heavy atom. The number of thiazole rings is 1. The van der Waals surface area contributed by atoms with Gasteiger partial charge in [-0.2, -0.15) is 0 Å². The largest absolute Gasteiger partial charge is 0.497 e. The predicted octanol–water partition coefficient (Wildman–Crippen LogP) is 3.02. The first kappa shape index (κ1) is 23.4. The molecular weight excluding hydrogens is 458 g/mol. The summed E-state index contributed by atoms with van der Waals surface area (Å²) in [6.07, 6.45) is 4.63. The maximum absolute atomic E-state index is 12.4. The Hall–Kier alpha value is -3.73. The summed E-state index contributed by atoms with van der Waals surface area (Å²) in [5.74, 6) is 0.903. The SMILES string of the molecule is COc1ccc(OC)c(-c2csc(NC(=O)COC(=O)C3CCN(c4ncccn4)CC3)n2)c1. The van der Waals surface area contributed by atoms with Gasteiger partial charge in [-0.05, 0) is 37.1 Å². The third-order valence-electron chi connectivity index (χ3n) is 5.44. The average molecular weight is 484 g/mol. The zero-order valence-corrected chi connectivity index (χ0v) is 19.7. The van der Waals surface area contributed by atoms with E-state index in [-0.39, 0.29) is 18.5 Å². The maximum atomic E-state index is 12.4. The normalized spacial score (nSPS) is 13.9. The van der Waals surface area contributed by atoms with Crippen LogP contribution >= 0.6 is 11.3 Å². The van der Waals surface area contributed by atoms with Crippen LogP contribution in [0.5, 0.6) is 11.5 Å². The van der Waals surface area contributed by atoms with Crippen LogP contribution in [0.1, 0.15) is 12.8 Å². The van der Waals surface area contributed by atoms with Crippen molar-refractivity contribution >= 4 is 34.3 Å². The minimum Gasteiger partial charge on any atom is -0.497 e. The molecule has 0 saturated carbocycles. The van der Waals surface area contributed by atoms with Crippen molar-refractivity contribution in [1.29, 1.82) is 0 Å². The zero-order valence-electron chi connectivity index (χ0n) is 18.9. The monoisotopic (exact) mass is 483 g/mol. The Labute approximate surface area is 200 Å². The van der Waals surface area contributed by atoms with Gasteiger partial charge in [0, 0.05) is 36.4 Å². The molecule has 3 aromatic rings. The molecule has 0 spiro atoms. The van der Waals surface area contributed by atoms with E-state index in [1.807, 2.05) is 16.3 Å². The van der Waals surface area contributed by atoms with Crippen LogP contribution in [-0.2, 0) is 14.3 Å². The molecule has 1 fully saturated rings. The van der Waals surface area contributed by atoms with Crippen molar-refractivity contribution in [3.63, 3.8) is 0 Å². The molecule has 1 saturated heterocycles. The van der Waals surface area contributed by atoms with Crippen molar-refractivity contribution in [2.45, 2.75) is 12.8 Å². The number of nitrogens with zero attached hydrogens (tertiary/aromatic N) is 4. The topological polar surface area (TPSA) is 116 Å². The van der Waals surface area contributed by atoms with E-state index in [1.165, 1.54) is 11.3 Å². The molecule has 0 atom stereocenters. The first-order valence-electron chi connectivity index (χ1n) is 10.7. The molecule has 34 heavy (non-hydrogen) atoms. The second-order valence-corrected chi connectivity index (χ2v) is 8.43. The first-order valence-corrected chi connectivity index (χ1v) is 11.6. The van der Waals surface area contributed by atoms with Gasteiger partial charge in [0.1, 0.15) is 11.5 Å². The van der Waals surface area contributed by atoms with Crippen LogP contribution in [0.4, 0.5) is 11.1 Å². The highest BCUT2D eigenvalue weighted by Gasteiger charge is 2.27. The van der Waals surface area contributed by atoms with Crippen LogP contribution in [0.15, 0.2) is 42.0 Å². The second-order valence-electron chi connectivity index (χ2n) is 7.57. The number of ether oxygens (including phenoxy) is 3. The van der Waals surface area contributed by atoms with Gasteiger partial charge in [-0.25, -0.2) is 15.0 Å². The number of carbonyl (C=O) groups is 2. The molecule has 1 aliphatic heterocycles. The number of aromatic nitrogens is 3. The molecule has 4 rings (SSSR count). The fourth-order valence-corrected chi connectivity index (χ4v) is 4.38. The van der Waals surface area contributed by atoms with Crippen molar-refractivity contribution in [2.75, 3.05) is 44.1 Å². The van der Waals surface area contributed by atoms with Crippen molar-refractivity contribution in [2.24, 2.45) is 5.92 Å². The lowest BCUT2D eigenvalue weighted by Gasteiger charge is -2.30. The Balaban J connectivity index is 1.27. The highest BCUT2D eigenvalue weighted by atomic mass is 32.1. The quantitative estimate of drug-likeness (QED) is 0.483. The van der Waals surface area contributed by atoms with E-state index in [2.05, 4.69) is 20.3 Å². The second kappa shape index (κ2) is 10.9. The summed E-state index contributed by atoms with van der Waals surface area (Å²) < 4.78 is 15.9. The molecule has 11 heteroatoms. The number of amides is 1. The Bertz CT molecular complexity index is 1130. The fourth-order valence-electron chi connectivity index (χ4n) is 3.65. The first-order chi connectivity index (χ1) is 16.6. The number of hydrogen-bond acceptors (Lipinski definition) is 10. The lowest BCUT2D eigenvalue weighted by atomic mass is 9.97. The predicted molar refractivity (Wildman–Crippen MR) is 127 cm³/mol. The standard InChI is InChI=1S/C23H25N5O5S/c1-31-16-4-5-19(32-2)17(12-16)18-14-34-23(26-18)27-20(29)13-33-21(30)15-6-10-28(11-7-15)22-24-8-3-9-25-22/h3-5,8-9,12,14-15H,6-7,10-11,13H2,1-2H3,(H,26,27,29). The summed E-state index contributed by atoms with van der Waals surface area (Å²) >= 11 is 1.27. The van der Waals surface area contributed by atoms with Crippen molar-refractivity contribution in [3.05, 3.63) is 42.0 Å². The van der Waals surface area contributed by atoms with Gasteiger partial charge in [-0.3, -0.25) is 14.9 Å². The van der Waals surface area contributed by atoms with Gasteiger partial charge in [0.05, 0.1) is 25.8 Å². The molecule has 1 amide bonds. The summed E-state index contributed by atoms with van der Waals surface area (Å²) in [6.45, 7) is 0.954. The highest BCUT2D eigenvalue weighted by molar-refractivity contribution is 7.14. The lowest BCUT2D eigenvalue weighted by Crippen LogP contribution is -2.38. The summed E-state index contributed by atoms with van der Waals surface area (Å²) in [6, 6.07) is 7.17. The van der Waals surface area contributed by atoms with Gasteiger partial charge in [0.2, 0.25) is 5.95 Å². The summed E-state index contributed by atoms with van der Waals surface area (Å²) in [5, 5.41) is 4.89. The maximum Gasteiger partial charge on any atom is 0.309 e. The van der Waals surface area contributed by atoms with Crippen LogP contribution in [0.2, 0.25) is 0 Å². The zero-order chi connectivity index (χ0) is 23.9. The number of rotatable bonds is 8. The van der Waals surface area contributed by atoms with E-state index in [9.17, 15) is 9.59 Å². The molecule has 2 aromatic heterocycles. The van der Waals surface area contributed by atoms with Crippen molar-refractivity contribution in [1.82, 2.24) is 15.0 Å². The Morgan fingerprint density at radius 1 is 1.15 bits per heavy atom. The number of anilines is 2. The minimum absolute atomic E-state index is 0.250. The van der Waals surface area contributed by atoms with Crippen LogP contribution in [0.25, 0.3) is 11.3 Å². The van der Waals surface area contributed by atoms with Crippen molar-refractivity contribution in [3.8, 4) is 22.8 Å². The summed E-state index contributed by atoms with van der Waals surface area (Å²) in [7, 11) is 3.16. The van der Waals surface area contributed by atoms with Gasteiger partial charge >= 0.3 is 5.97 Å². The summed E-state index contributed by atoms with van der Waals surface area (Å²) in [5.41, 5.74) is 1.39. The number of piperidine rings is 1. The van der Waals surface area contributed by atoms with E-state index >= 15 is 0 Å². The highest BCUT2D eigenvalue weighted by Crippen LogP contribution is 2.35. The molecular formula is C23H25N5O5S. The van der Waals surface area contributed by atoms with Gasteiger partial charge in [0.15, 0.2) is 11.7 Å². The van der Waals surface area contributed by atoms with Crippen molar-refractivity contribution < 1.29 is 23.8 Å². The molecule has 178 valence electrons. The summed E-state index contributed by atoms with van der Waals surface area (Å²) in [4.78, 5) is 39.7. The van der Waals surface area contributed by atoms with Gasteiger partial charge < -0.3 is 19.1 Å². The number of carbonyl (C=O) groups excluding carboxylic acids is 2. The van der Waals surface area contributed by atoms with E-state index in [0.29, 0.717) is 54.2 Å². The molecule has 10 nitrogen and oxygen atoms in total. The molecule has 0 aliphatic carbocycles.